The topological polar surface area (TPSA) is 55.5 Å². The minimum absolute atomic E-state index is 0.0445. The molecule has 1 aromatic rings. The predicted molar refractivity (Wildman–Crippen MR) is 70.3 cm³/mol. The van der Waals surface area contributed by atoms with Crippen LogP contribution in [0.3, 0.4) is 0 Å². The van der Waals surface area contributed by atoms with Crippen LogP contribution in [0.1, 0.15) is 32.3 Å². The summed E-state index contributed by atoms with van der Waals surface area (Å²) in [4.78, 5) is 0. The van der Waals surface area contributed by atoms with E-state index in [-0.39, 0.29) is 18.1 Å². The van der Waals surface area contributed by atoms with Crippen LogP contribution in [-0.2, 0) is 5.41 Å². The number of aliphatic hydroxyl groups is 1. The number of aliphatic hydroxyl groups excluding tert-OH is 1. The molecule has 3 nitrogen and oxygen atoms in total. The van der Waals surface area contributed by atoms with Crippen molar-refractivity contribution in [1.82, 2.24) is 0 Å². The van der Waals surface area contributed by atoms with Crippen molar-refractivity contribution < 1.29 is 9.84 Å². The molecule has 1 rings (SSSR count). The van der Waals surface area contributed by atoms with Gasteiger partial charge in [0.2, 0.25) is 0 Å². The Labute approximate surface area is 104 Å². The lowest BCUT2D eigenvalue weighted by Crippen LogP contribution is -2.43. The highest BCUT2D eigenvalue weighted by atomic mass is 16.5. The molecule has 0 spiro atoms. The lowest BCUT2D eigenvalue weighted by atomic mass is 9.73. The molecule has 3 heteroatoms. The van der Waals surface area contributed by atoms with Crippen LogP contribution in [0, 0.1) is 0 Å². The average Bonchev–Trinajstić information content (AvgIpc) is 2.38. The summed E-state index contributed by atoms with van der Waals surface area (Å²) in [5.41, 5.74) is 7.17. The van der Waals surface area contributed by atoms with Gasteiger partial charge in [-0.05, 0) is 30.5 Å². The molecule has 96 valence electrons. The molecule has 0 aliphatic carbocycles. The van der Waals surface area contributed by atoms with E-state index in [1.54, 1.807) is 7.11 Å². The molecule has 0 amide bonds. The largest absolute Gasteiger partial charge is 0.497 e. The van der Waals surface area contributed by atoms with Gasteiger partial charge in [0.15, 0.2) is 0 Å². The number of ether oxygens (including phenoxy) is 1. The Hall–Kier alpha value is -1.06. The van der Waals surface area contributed by atoms with Crippen LogP contribution in [0.15, 0.2) is 24.3 Å². The maximum absolute atomic E-state index is 9.23. The van der Waals surface area contributed by atoms with Crippen molar-refractivity contribution in [3.8, 4) is 5.75 Å². The van der Waals surface area contributed by atoms with Gasteiger partial charge in [-0.25, -0.2) is 0 Å². The number of benzene rings is 1. The number of rotatable bonds is 6. The molecular weight excluding hydrogens is 214 g/mol. The second-order valence-corrected chi connectivity index (χ2v) is 4.63. The van der Waals surface area contributed by atoms with Crippen LogP contribution >= 0.6 is 0 Å². The molecule has 2 unspecified atom stereocenters. The summed E-state index contributed by atoms with van der Waals surface area (Å²) in [5.74, 6) is 0.838. The fourth-order valence-electron chi connectivity index (χ4n) is 2.20. The van der Waals surface area contributed by atoms with E-state index < -0.39 is 0 Å². The Morgan fingerprint density at radius 1 is 1.35 bits per heavy atom. The van der Waals surface area contributed by atoms with Crippen LogP contribution < -0.4 is 10.5 Å². The third-order valence-electron chi connectivity index (χ3n) is 3.64. The molecule has 1 aromatic carbocycles. The molecule has 0 saturated heterocycles. The van der Waals surface area contributed by atoms with Crippen molar-refractivity contribution in [1.29, 1.82) is 0 Å². The van der Waals surface area contributed by atoms with E-state index in [2.05, 4.69) is 13.8 Å². The first-order chi connectivity index (χ1) is 8.08. The van der Waals surface area contributed by atoms with Gasteiger partial charge < -0.3 is 15.6 Å². The molecule has 17 heavy (non-hydrogen) atoms. The van der Waals surface area contributed by atoms with E-state index in [0.29, 0.717) is 6.42 Å². The van der Waals surface area contributed by atoms with Gasteiger partial charge in [-0.2, -0.15) is 0 Å². The van der Waals surface area contributed by atoms with Crippen LogP contribution in [-0.4, -0.2) is 24.9 Å². The molecule has 0 heterocycles. The maximum atomic E-state index is 9.23. The Morgan fingerprint density at radius 2 is 1.94 bits per heavy atom. The number of hydrogen-bond acceptors (Lipinski definition) is 3. The summed E-state index contributed by atoms with van der Waals surface area (Å²) in [6, 6.07) is 7.98. The molecule has 3 N–H and O–H groups in total. The standard InChI is InChI=1S/C14H23NO2/c1-4-13(15)14(2,9-10-16)11-5-7-12(17-3)8-6-11/h5-8,13,16H,4,9-10,15H2,1-3H3. The SMILES string of the molecule is CCC(N)C(C)(CCO)c1ccc(OC)cc1. The van der Waals surface area contributed by atoms with E-state index in [4.69, 9.17) is 10.5 Å². The lowest BCUT2D eigenvalue weighted by molar-refractivity contribution is 0.223. The lowest BCUT2D eigenvalue weighted by Gasteiger charge is -2.35. The van der Waals surface area contributed by atoms with Crippen molar-refractivity contribution >= 4 is 0 Å². The van der Waals surface area contributed by atoms with E-state index in [0.717, 1.165) is 17.7 Å². The summed E-state index contributed by atoms with van der Waals surface area (Å²) in [6.45, 7) is 4.33. The van der Waals surface area contributed by atoms with Crippen molar-refractivity contribution in [2.45, 2.75) is 38.1 Å². The van der Waals surface area contributed by atoms with Crippen molar-refractivity contribution in [3.63, 3.8) is 0 Å². The average molecular weight is 237 g/mol. The molecule has 0 saturated carbocycles. The Morgan fingerprint density at radius 3 is 2.35 bits per heavy atom. The van der Waals surface area contributed by atoms with Gasteiger partial charge in [-0.1, -0.05) is 26.0 Å². The van der Waals surface area contributed by atoms with E-state index >= 15 is 0 Å². The van der Waals surface area contributed by atoms with Gasteiger partial charge in [0.05, 0.1) is 7.11 Å². The van der Waals surface area contributed by atoms with Crippen molar-refractivity contribution in [3.05, 3.63) is 29.8 Å². The van der Waals surface area contributed by atoms with Gasteiger partial charge in [0.25, 0.3) is 0 Å². The van der Waals surface area contributed by atoms with Crippen LogP contribution in [0.4, 0.5) is 0 Å². The minimum Gasteiger partial charge on any atom is -0.497 e. The van der Waals surface area contributed by atoms with Crippen LogP contribution in [0.25, 0.3) is 0 Å². The normalized spacial score (nSPS) is 16.3. The zero-order valence-electron chi connectivity index (χ0n) is 10.9. The fourth-order valence-corrected chi connectivity index (χ4v) is 2.20. The molecule has 0 aromatic heterocycles. The Bertz CT molecular complexity index is 337. The second-order valence-electron chi connectivity index (χ2n) is 4.63. The third-order valence-corrected chi connectivity index (χ3v) is 3.64. The first-order valence-electron chi connectivity index (χ1n) is 6.09. The predicted octanol–water partition coefficient (Wildman–Crippen LogP) is 2.07. The van der Waals surface area contributed by atoms with Crippen LogP contribution in [0.5, 0.6) is 5.75 Å². The maximum Gasteiger partial charge on any atom is 0.118 e. The number of methoxy groups -OCH3 is 1. The summed E-state index contributed by atoms with van der Waals surface area (Å²) >= 11 is 0. The molecule has 0 aliphatic heterocycles. The van der Waals surface area contributed by atoms with Gasteiger partial charge >= 0.3 is 0 Å². The fraction of sp³-hybridized carbons (Fsp3) is 0.571. The highest BCUT2D eigenvalue weighted by Gasteiger charge is 2.31. The van der Waals surface area contributed by atoms with E-state index in [1.165, 1.54) is 0 Å². The quantitative estimate of drug-likeness (QED) is 0.796. The van der Waals surface area contributed by atoms with Gasteiger partial charge in [-0.15, -0.1) is 0 Å². The highest BCUT2D eigenvalue weighted by molar-refractivity contribution is 5.33. The van der Waals surface area contributed by atoms with Crippen LogP contribution in [0.2, 0.25) is 0 Å². The zero-order valence-corrected chi connectivity index (χ0v) is 10.9. The molecule has 2 atom stereocenters. The summed E-state index contributed by atoms with van der Waals surface area (Å²) in [5, 5.41) is 9.23. The monoisotopic (exact) mass is 237 g/mol. The summed E-state index contributed by atoms with van der Waals surface area (Å²) < 4.78 is 5.15. The summed E-state index contributed by atoms with van der Waals surface area (Å²) in [6.07, 6.45) is 1.57. The molecular formula is C14H23NO2. The Balaban J connectivity index is 3.03. The number of nitrogens with two attached hydrogens (primary N) is 1. The first kappa shape index (κ1) is 14.0. The second kappa shape index (κ2) is 6.03. The molecule has 0 aliphatic rings. The first-order valence-corrected chi connectivity index (χ1v) is 6.09. The number of hydrogen-bond donors (Lipinski definition) is 2. The van der Waals surface area contributed by atoms with Gasteiger partial charge in [-0.3, -0.25) is 0 Å². The van der Waals surface area contributed by atoms with E-state index in [9.17, 15) is 5.11 Å². The highest BCUT2D eigenvalue weighted by Crippen LogP contribution is 2.32. The van der Waals surface area contributed by atoms with Gasteiger partial charge in [0, 0.05) is 18.1 Å². The van der Waals surface area contributed by atoms with E-state index in [1.807, 2.05) is 24.3 Å². The smallest absolute Gasteiger partial charge is 0.118 e. The zero-order chi connectivity index (χ0) is 12.9. The molecule has 0 radical (unpaired) electrons. The Kier molecular flexibility index (Phi) is 4.97. The third kappa shape index (κ3) is 2.99. The summed E-state index contributed by atoms with van der Waals surface area (Å²) in [7, 11) is 1.65. The minimum atomic E-state index is -0.185. The van der Waals surface area contributed by atoms with Crippen molar-refractivity contribution in [2.75, 3.05) is 13.7 Å². The molecule has 0 fully saturated rings. The van der Waals surface area contributed by atoms with Gasteiger partial charge in [0.1, 0.15) is 5.75 Å². The van der Waals surface area contributed by atoms with Crippen molar-refractivity contribution in [2.24, 2.45) is 5.73 Å². The molecule has 0 bridgehead atoms.